The Morgan fingerprint density at radius 1 is 1.03 bits per heavy atom. The highest BCUT2D eigenvalue weighted by molar-refractivity contribution is 5.92. The van der Waals surface area contributed by atoms with E-state index in [1.807, 2.05) is 37.3 Å². The monoisotopic (exact) mass is 445 g/mol. The molecule has 1 aliphatic heterocycles. The van der Waals surface area contributed by atoms with Crippen molar-refractivity contribution < 1.29 is 14.3 Å². The smallest absolute Gasteiger partial charge is 0.414 e. The van der Waals surface area contributed by atoms with Gasteiger partial charge in [0.05, 0.1) is 6.04 Å². The molecule has 4 nitrogen and oxygen atoms in total. The third-order valence-electron chi connectivity index (χ3n) is 7.58. The van der Waals surface area contributed by atoms with Gasteiger partial charge in [-0.2, -0.15) is 0 Å². The Morgan fingerprint density at radius 2 is 1.73 bits per heavy atom. The first kappa shape index (κ1) is 23.3. The molecule has 0 spiro atoms. The number of rotatable bonds is 4. The van der Waals surface area contributed by atoms with Crippen molar-refractivity contribution in [3.8, 4) is 0 Å². The first-order valence-electron chi connectivity index (χ1n) is 12.1. The lowest BCUT2D eigenvalue weighted by molar-refractivity contribution is -0.116. The summed E-state index contributed by atoms with van der Waals surface area (Å²) < 4.78 is 6.26. The van der Waals surface area contributed by atoms with Crippen LogP contribution in [-0.4, -0.2) is 22.9 Å². The second-order valence-corrected chi connectivity index (χ2v) is 10.4. The molecular weight excluding hydrogens is 410 g/mol. The Hall–Kier alpha value is -2.88. The van der Waals surface area contributed by atoms with E-state index >= 15 is 0 Å². The van der Waals surface area contributed by atoms with Gasteiger partial charge < -0.3 is 4.74 Å². The molecule has 0 saturated heterocycles. The second-order valence-electron chi connectivity index (χ2n) is 10.4. The van der Waals surface area contributed by atoms with Crippen molar-refractivity contribution in [2.75, 3.05) is 0 Å². The van der Waals surface area contributed by atoms with Gasteiger partial charge in [0.1, 0.15) is 6.10 Å². The Balaban J connectivity index is 1.58. The minimum absolute atomic E-state index is 0.0269. The van der Waals surface area contributed by atoms with E-state index < -0.39 is 0 Å². The van der Waals surface area contributed by atoms with Gasteiger partial charge in [0.25, 0.3) is 0 Å². The highest BCUT2D eigenvalue weighted by Crippen LogP contribution is 2.44. The molecular formula is C29H35NO3. The Bertz CT molecular complexity index is 1010. The van der Waals surface area contributed by atoms with Crippen molar-refractivity contribution in [2.24, 2.45) is 11.8 Å². The van der Waals surface area contributed by atoms with E-state index in [9.17, 15) is 9.59 Å². The van der Waals surface area contributed by atoms with E-state index in [-0.39, 0.29) is 41.8 Å². The summed E-state index contributed by atoms with van der Waals surface area (Å²) in [5.41, 5.74) is 3.25. The predicted molar refractivity (Wildman–Crippen MR) is 131 cm³/mol. The Morgan fingerprint density at radius 3 is 2.42 bits per heavy atom. The number of nitrogens with zero attached hydrogens (tertiary/aromatic N) is 1. The number of allylic oxidation sites excluding steroid dienone is 1. The number of ether oxygens (including phenoxy) is 1. The molecule has 0 bridgehead atoms. The average molecular weight is 446 g/mol. The van der Waals surface area contributed by atoms with Gasteiger partial charge in [0.15, 0.2) is 5.78 Å². The van der Waals surface area contributed by atoms with Crippen LogP contribution in [0.15, 0.2) is 66.9 Å². The molecule has 1 heterocycles. The van der Waals surface area contributed by atoms with Crippen LogP contribution in [0.3, 0.4) is 0 Å². The number of carbonyl (C=O) groups excluding carboxylic acids is 2. The van der Waals surface area contributed by atoms with Crippen molar-refractivity contribution in [1.29, 1.82) is 0 Å². The maximum Gasteiger partial charge on any atom is 0.414 e. The van der Waals surface area contributed by atoms with E-state index in [1.165, 1.54) is 11.6 Å². The normalized spacial score (nSPS) is 25.7. The molecule has 1 fully saturated rings. The Labute approximate surface area is 197 Å². The van der Waals surface area contributed by atoms with E-state index in [0.717, 1.165) is 30.4 Å². The van der Waals surface area contributed by atoms with Gasteiger partial charge in [-0.1, -0.05) is 87.4 Å². The quantitative estimate of drug-likeness (QED) is 0.523. The summed E-state index contributed by atoms with van der Waals surface area (Å²) in [6.45, 7) is 8.79. The predicted octanol–water partition coefficient (Wildman–Crippen LogP) is 6.74. The molecule has 0 N–H and O–H groups in total. The number of hydrogen-bond donors (Lipinski definition) is 0. The maximum absolute atomic E-state index is 13.5. The van der Waals surface area contributed by atoms with Crippen LogP contribution >= 0.6 is 0 Å². The van der Waals surface area contributed by atoms with Crippen LogP contribution in [0.4, 0.5) is 4.79 Å². The highest BCUT2D eigenvalue weighted by Gasteiger charge is 2.43. The maximum atomic E-state index is 13.5. The fourth-order valence-electron chi connectivity index (χ4n) is 5.44. The molecule has 1 saturated carbocycles. The molecule has 0 radical (unpaired) electrons. The van der Waals surface area contributed by atoms with Crippen LogP contribution in [0, 0.1) is 18.8 Å². The van der Waals surface area contributed by atoms with E-state index in [0.29, 0.717) is 5.92 Å². The summed E-state index contributed by atoms with van der Waals surface area (Å²) in [6.07, 6.45) is 5.85. The molecule has 4 atom stereocenters. The van der Waals surface area contributed by atoms with Crippen LogP contribution in [0.1, 0.15) is 69.2 Å². The van der Waals surface area contributed by atoms with Crippen LogP contribution < -0.4 is 0 Å². The molecule has 0 unspecified atom stereocenters. The number of ketones is 1. The molecule has 0 aromatic heterocycles. The first-order chi connectivity index (χ1) is 15.8. The standard InChI is InChI=1S/C29H35NO3/c1-20-10-13-22(14-11-20)26-19-24(31)16-17-30(26)28(32)33-27-18-21(2)12-15-25(27)29(3,4)23-8-6-5-7-9-23/h5-11,13-14,16-17,21,25-27H,12,15,18-19H2,1-4H3/t21-,25-,26+,27-/m1/s1. The van der Waals surface area contributed by atoms with Crippen LogP contribution in [0.2, 0.25) is 0 Å². The van der Waals surface area contributed by atoms with Crippen molar-refractivity contribution >= 4 is 11.9 Å². The zero-order valence-electron chi connectivity index (χ0n) is 20.2. The first-order valence-corrected chi connectivity index (χ1v) is 12.1. The van der Waals surface area contributed by atoms with Crippen molar-refractivity contribution in [3.63, 3.8) is 0 Å². The van der Waals surface area contributed by atoms with Crippen LogP contribution in [-0.2, 0) is 14.9 Å². The molecule has 1 amide bonds. The summed E-state index contributed by atoms with van der Waals surface area (Å²) in [6, 6.07) is 18.2. The molecule has 2 aromatic rings. The number of hydrogen-bond acceptors (Lipinski definition) is 3. The van der Waals surface area contributed by atoms with Crippen molar-refractivity contribution in [2.45, 2.75) is 70.9 Å². The lowest BCUT2D eigenvalue weighted by Gasteiger charge is -2.44. The van der Waals surface area contributed by atoms with Gasteiger partial charge in [-0.25, -0.2) is 4.79 Å². The lowest BCUT2D eigenvalue weighted by atomic mass is 9.64. The molecule has 4 heteroatoms. The SMILES string of the molecule is Cc1ccc([C@@H]2CC(=O)C=CN2C(=O)O[C@@H]2C[C@H](C)CC[C@H]2C(C)(C)c2ccccc2)cc1. The number of amides is 1. The van der Waals surface area contributed by atoms with Crippen LogP contribution in [0.25, 0.3) is 0 Å². The van der Waals surface area contributed by atoms with Gasteiger partial charge in [-0.05, 0) is 48.3 Å². The van der Waals surface area contributed by atoms with E-state index in [4.69, 9.17) is 4.74 Å². The van der Waals surface area contributed by atoms with Gasteiger partial charge in [-0.15, -0.1) is 0 Å². The highest BCUT2D eigenvalue weighted by atomic mass is 16.6. The second kappa shape index (κ2) is 9.54. The number of aryl methyl sites for hydroxylation is 1. The molecule has 33 heavy (non-hydrogen) atoms. The zero-order valence-corrected chi connectivity index (χ0v) is 20.2. The largest absolute Gasteiger partial charge is 0.446 e. The minimum atomic E-state index is -0.364. The summed E-state index contributed by atoms with van der Waals surface area (Å²) in [5.74, 6) is 0.768. The number of carbonyl (C=O) groups is 2. The molecule has 2 aliphatic rings. The number of benzene rings is 2. The van der Waals surface area contributed by atoms with Crippen molar-refractivity contribution in [3.05, 3.63) is 83.6 Å². The van der Waals surface area contributed by atoms with Gasteiger partial charge in [-0.3, -0.25) is 9.69 Å². The van der Waals surface area contributed by atoms with Gasteiger partial charge >= 0.3 is 6.09 Å². The van der Waals surface area contributed by atoms with E-state index in [2.05, 4.69) is 45.0 Å². The third kappa shape index (κ3) is 5.05. The van der Waals surface area contributed by atoms with Crippen molar-refractivity contribution in [1.82, 2.24) is 4.90 Å². The van der Waals surface area contributed by atoms with Crippen LogP contribution in [0.5, 0.6) is 0 Å². The molecule has 4 rings (SSSR count). The summed E-state index contributed by atoms with van der Waals surface area (Å²) in [4.78, 5) is 27.3. The fourth-order valence-corrected chi connectivity index (χ4v) is 5.44. The average Bonchev–Trinajstić information content (AvgIpc) is 2.80. The molecule has 2 aromatic carbocycles. The molecule has 174 valence electrons. The summed E-state index contributed by atoms with van der Waals surface area (Å²) in [7, 11) is 0. The van der Waals surface area contributed by atoms with Gasteiger partial charge in [0, 0.05) is 18.5 Å². The Kier molecular flexibility index (Phi) is 6.73. The minimum Gasteiger partial charge on any atom is -0.446 e. The third-order valence-corrected chi connectivity index (χ3v) is 7.58. The lowest BCUT2D eigenvalue weighted by Crippen LogP contribution is -2.45. The zero-order chi connectivity index (χ0) is 23.6. The summed E-state index contributed by atoms with van der Waals surface area (Å²) in [5, 5.41) is 0. The van der Waals surface area contributed by atoms with Gasteiger partial charge in [0.2, 0.25) is 0 Å². The summed E-state index contributed by atoms with van der Waals surface area (Å²) >= 11 is 0. The topological polar surface area (TPSA) is 46.6 Å². The fraction of sp³-hybridized carbons (Fsp3) is 0.448. The van der Waals surface area contributed by atoms with E-state index in [1.54, 1.807) is 11.1 Å². The molecule has 1 aliphatic carbocycles.